The third kappa shape index (κ3) is 4.65. The molecule has 0 aliphatic carbocycles. The van der Waals surface area contributed by atoms with E-state index in [0.29, 0.717) is 24.5 Å². The van der Waals surface area contributed by atoms with E-state index in [1.165, 1.54) is 6.07 Å². The van der Waals surface area contributed by atoms with Crippen LogP contribution in [0.2, 0.25) is 0 Å². The first kappa shape index (κ1) is 21.6. The van der Waals surface area contributed by atoms with Crippen LogP contribution in [0.1, 0.15) is 37.6 Å². The fourth-order valence-electron chi connectivity index (χ4n) is 3.49. The highest BCUT2D eigenvalue weighted by molar-refractivity contribution is 5.56. The van der Waals surface area contributed by atoms with Crippen molar-refractivity contribution in [1.29, 1.82) is 0 Å². The van der Waals surface area contributed by atoms with Crippen molar-refractivity contribution < 1.29 is 4.74 Å². The number of benzene rings is 1. The molecule has 0 bridgehead atoms. The maximum absolute atomic E-state index is 12.4. The van der Waals surface area contributed by atoms with E-state index in [2.05, 4.69) is 20.2 Å². The summed E-state index contributed by atoms with van der Waals surface area (Å²) in [6.07, 6.45) is 9.21. The average Bonchev–Trinajstić information content (AvgIpc) is 3.22. The summed E-state index contributed by atoms with van der Waals surface area (Å²) in [7, 11) is 1.84. The van der Waals surface area contributed by atoms with Gasteiger partial charge in [-0.3, -0.25) is 9.48 Å². The van der Waals surface area contributed by atoms with Gasteiger partial charge in [0.05, 0.1) is 18.0 Å². The first-order chi connectivity index (χ1) is 15.4. The van der Waals surface area contributed by atoms with Gasteiger partial charge in [0.2, 0.25) is 5.43 Å². The second kappa shape index (κ2) is 8.84. The van der Waals surface area contributed by atoms with Crippen LogP contribution >= 0.6 is 0 Å². The molecular weight excluding hydrogens is 404 g/mol. The van der Waals surface area contributed by atoms with Crippen molar-refractivity contribution in [3.05, 3.63) is 88.4 Å². The molecule has 3 aromatic heterocycles. The summed E-state index contributed by atoms with van der Waals surface area (Å²) in [5.41, 5.74) is 3.47. The van der Waals surface area contributed by atoms with E-state index in [-0.39, 0.29) is 5.43 Å². The molecule has 1 aromatic carbocycles. The van der Waals surface area contributed by atoms with Gasteiger partial charge in [-0.05, 0) is 32.4 Å². The third-order valence-corrected chi connectivity index (χ3v) is 5.24. The van der Waals surface area contributed by atoms with Crippen LogP contribution in [-0.4, -0.2) is 36.1 Å². The molecule has 8 heteroatoms. The Labute approximate surface area is 186 Å². The molecule has 0 atom stereocenters. The fraction of sp³-hybridized carbons (Fsp3) is 0.292. The minimum Gasteiger partial charge on any atom is -0.371 e. The molecule has 0 fully saturated rings. The van der Waals surface area contributed by atoms with E-state index in [9.17, 15) is 4.79 Å². The van der Waals surface area contributed by atoms with Crippen molar-refractivity contribution in [2.75, 3.05) is 6.61 Å². The molecule has 0 N–H and O–H groups in total. The minimum atomic E-state index is -0.442. The number of hydrogen-bond acceptors (Lipinski definition) is 6. The summed E-state index contributed by atoms with van der Waals surface area (Å²) in [5.74, 6) is 0.622. The number of hydrogen-bond donors (Lipinski definition) is 0. The Hall–Kier alpha value is -3.65. The molecule has 4 aromatic rings. The van der Waals surface area contributed by atoms with Crippen LogP contribution in [0.5, 0.6) is 0 Å². The molecule has 0 spiro atoms. The van der Waals surface area contributed by atoms with Crippen molar-refractivity contribution in [3.63, 3.8) is 0 Å². The molecular formula is C24H26N6O2. The van der Waals surface area contributed by atoms with E-state index in [4.69, 9.17) is 4.74 Å². The van der Waals surface area contributed by atoms with Crippen LogP contribution in [0.3, 0.4) is 0 Å². The highest BCUT2D eigenvalue weighted by atomic mass is 16.5. The van der Waals surface area contributed by atoms with Crippen LogP contribution < -0.4 is 5.43 Å². The topological polar surface area (TPSA) is 87.7 Å². The van der Waals surface area contributed by atoms with Crippen molar-refractivity contribution in [3.8, 4) is 17.1 Å². The highest BCUT2D eigenvalue weighted by Gasteiger charge is 2.21. The minimum absolute atomic E-state index is 0.102. The van der Waals surface area contributed by atoms with E-state index in [0.717, 1.165) is 22.4 Å². The predicted octanol–water partition coefficient (Wildman–Crippen LogP) is 3.29. The normalized spacial score (nSPS) is 11.6. The van der Waals surface area contributed by atoms with Gasteiger partial charge in [-0.2, -0.15) is 10.2 Å². The number of aryl methyl sites for hydroxylation is 1. The monoisotopic (exact) mass is 430 g/mol. The molecule has 3 heterocycles. The lowest BCUT2D eigenvalue weighted by atomic mass is 10.0. The van der Waals surface area contributed by atoms with Crippen molar-refractivity contribution in [2.45, 2.75) is 32.8 Å². The first-order valence-corrected chi connectivity index (χ1v) is 10.5. The maximum atomic E-state index is 12.4. The number of ether oxygens (including phenoxy) is 1. The Morgan fingerprint density at radius 1 is 1.09 bits per heavy atom. The van der Waals surface area contributed by atoms with E-state index in [1.54, 1.807) is 34.2 Å². The van der Waals surface area contributed by atoms with Gasteiger partial charge in [-0.1, -0.05) is 18.2 Å². The molecule has 0 radical (unpaired) electrons. The van der Waals surface area contributed by atoms with Crippen LogP contribution in [0.25, 0.3) is 17.1 Å². The second-order valence-corrected chi connectivity index (χ2v) is 8.06. The van der Waals surface area contributed by atoms with Gasteiger partial charge in [-0.25, -0.2) is 14.6 Å². The van der Waals surface area contributed by atoms with E-state index >= 15 is 0 Å². The van der Waals surface area contributed by atoms with Gasteiger partial charge in [0.25, 0.3) is 0 Å². The zero-order valence-electron chi connectivity index (χ0n) is 18.7. The number of aromatic nitrogens is 6. The van der Waals surface area contributed by atoms with Crippen LogP contribution in [-0.2, 0) is 23.8 Å². The summed E-state index contributed by atoms with van der Waals surface area (Å²) in [6, 6.07) is 9.39. The van der Waals surface area contributed by atoms with Crippen molar-refractivity contribution in [1.82, 2.24) is 29.5 Å². The zero-order chi connectivity index (χ0) is 22.7. The van der Waals surface area contributed by atoms with E-state index in [1.807, 2.05) is 58.3 Å². The van der Waals surface area contributed by atoms with Gasteiger partial charge in [0.15, 0.2) is 5.82 Å². The quantitative estimate of drug-likeness (QED) is 0.447. The third-order valence-electron chi connectivity index (χ3n) is 5.24. The van der Waals surface area contributed by atoms with Gasteiger partial charge < -0.3 is 4.74 Å². The van der Waals surface area contributed by atoms with Crippen molar-refractivity contribution >= 4 is 0 Å². The fourth-order valence-corrected chi connectivity index (χ4v) is 3.49. The van der Waals surface area contributed by atoms with E-state index < -0.39 is 5.60 Å². The van der Waals surface area contributed by atoms with Crippen LogP contribution in [0.15, 0.2) is 66.1 Å². The largest absolute Gasteiger partial charge is 0.371 e. The molecule has 8 nitrogen and oxygen atoms in total. The Kier molecular flexibility index (Phi) is 5.96. The Morgan fingerprint density at radius 3 is 2.56 bits per heavy atom. The Bertz CT molecular complexity index is 1270. The summed E-state index contributed by atoms with van der Waals surface area (Å²) in [6.45, 7) is 6.59. The lowest BCUT2D eigenvalue weighted by molar-refractivity contribution is -0.0145. The van der Waals surface area contributed by atoms with Crippen LogP contribution in [0.4, 0.5) is 0 Å². The zero-order valence-corrected chi connectivity index (χ0v) is 18.7. The lowest BCUT2D eigenvalue weighted by Crippen LogP contribution is -2.22. The molecule has 0 saturated carbocycles. The molecule has 4 rings (SSSR count). The second-order valence-electron chi connectivity index (χ2n) is 8.06. The highest BCUT2D eigenvalue weighted by Crippen LogP contribution is 2.25. The van der Waals surface area contributed by atoms with Gasteiger partial charge in [0.1, 0.15) is 11.4 Å². The molecule has 0 unspecified atom stereocenters. The first-order valence-electron chi connectivity index (χ1n) is 10.5. The smallest absolute Gasteiger partial charge is 0.203 e. The van der Waals surface area contributed by atoms with Crippen LogP contribution in [0, 0.1) is 0 Å². The Morgan fingerprint density at radius 2 is 1.88 bits per heavy atom. The van der Waals surface area contributed by atoms with Crippen molar-refractivity contribution in [2.24, 2.45) is 7.05 Å². The Balaban J connectivity index is 1.58. The SMILES string of the molecule is CCOC(C)(C)c1cnc(-c2cccc(Cc3nn(-c4cnn(C)c4)ccc3=O)c2)nc1. The summed E-state index contributed by atoms with van der Waals surface area (Å²) in [5, 5.41) is 8.68. The summed E-state index contributed by atoms with van der Waals surface area (Å²) >= 11 is 0. The number of nitrogens with zero attached hydrogens (tertiary/aromatic N) is 6. The average molecular weight is 431 g/mol. The summed E-state index contributed by atoms with van der Waals surface area (Å²) in [4.78, 5) is 21.5. The van der Waals surface area contributed by atoms with Gasteiger partial charge in [-0.15, -0.1) is 0 Å². The molecule has 0 aliphatic heterocycles. The standard InChI is InChI=1S/C24H26N6O2/c1-5-32-24(2,3)19-13-25-23(26-14-19)18-8-6-7-17(11-18)12-21-22(31)9-10-30(28-21)20-15-27-29(4)16-20/h6-11,13-16H,5,12H2,1-4H3. The number of rotatable bonds is 7. The molecule has 0 amide bonds. The molecule has 0 saturated heterocycles. The molecule has 32 heavy (non-hydrogen) atoms. The maximum Gasteiger partial charge on any atom is 0.203 e. The summed E-state index contributed by atoms with van der Waals surface area (Å²) < 4.78 is 9.13. The van der Waals surface area contributed by atoms with Gasteiger partial charge in [0, 0.05) is 55.9 Å². The molecule has 0 aliphatic rings. The predicted molar refractivity (Wildman–Crippen MR) is 122 cm³/mol. The lowest BCUT2D eigenvalue weighted by Gasteiger charge is -2.24. The molecule has 164 valence electrons. The van der Waals surface area contributed by atoms with Gasteiger partial charge >= 0.3 is 0 Å².